The van der Waals surface area contributed by atoms with Gasteiger partial charge >= 0.3 is 0 Å². The smallest absolute Gasteiger partial charge is 0.119 e. The number of methoxy groups -OCH3 is 1. The van der Waals surface area contributed by atoms with Crippen LogP contribution in [-0.2, 0) is 0 Å². The zero-order valence-corrected chi connectivity index (χ0v) is 12.6. The minimum absolute atomic E-state index is 0.840. The summed E-state index contributed by atoms with van der Waals surface area (Å²) in [4.78, 5) is 0. The van der Waals surface area contributed by atoms with Crippen molar-refractivity contribution < 1.29 is 4.74 Å². The molecule has 0 bridgehead atoms. The largest absolute Gasteiger partial charge is 0.497 e. The van der Waals surface area contributed by atoms with Crippen molar-refractivity contribution in [3.63, 3.8) is 0 Å². The van der Waals surface area contributed by atoms with Crippen molar-refractivity contribution >= 4 is 16.8 Å². The molecule has 0 amide bonds. The molecule has 1 aliphatic rings. The third-order valence-corrected chi connectivity index (χ3v) is 4.35. The number of allylic oxidation sites excluding steroid dienone is 1. The summed E-state index contributed by atoms with van der Waals surface area (Å²) < 4.78 is 5.35. The second-order valence-electron chi connectivity index (χ2n) is 5.77. The summed E-state index contributed by atoms with van der Waals surface area (Å²) in [6, 6.07) is 12.7. The van der Waals surface area contributed by atoms with Crippen LogP contribution in [0.2, 0.25) is 0 Å². The fourth-order valence-corrected chi connectivity index (χ4v) is 3.05. The predicted octanol–water partition coefficient (Wildman–Crippen LogP) is 4.25. The lowest BCUT2D eigenvalue weighted by Gasteiger charge is -2.20. The Morgan fingerprint density at radius 2 is 2.05 bits per heavy atom. The first kappa shape index (κ1) is 14.2. The van der Waals surface area contributed by atoms with Crippen LogP contribution in [0.25, 0.3) is 16.8 Å². The number of rotatable bonds is 4. The van der Waals surface area contributed by atoms with Gasteiger partial charge in [0.05, 0.1) is 7.11 Å². The Bertz CT molecular complexity index is 626. The second kappa shape index (κ2) is 6.77. The molecule has 2 aromatic carbocycles. The fraction of sp³-hybridized carbons (Fsp3) is 0.368. The number of nitrogens with one attached hydrogen (secondary N) is 1. The van der Waals surface area contributed by atoms with Gasteiger partial charge in [0.15, 0.2) is 0 Å². The van der Waals surface area contributed by atoms with Gasteiger partial charge < -0.3 is 10.1 Å². The van der Waals surface area contributed by atoms with Crippen LogP contribution < -0.4 is 10.1 Å². The van der Waals surface area contributed by atoms with E-state index in [1.165, 1.54) is 48.7 Å². The molecule has 1 N–H and O–H groups in total. The van der Waals surface area contributed by atoms with Crippen molar-refractivity contribution in [2.45, 2.75) is 19.3 Å². The molecule has 0 saturated carbocycles. The molecule has 2 nitrogen and oxygen atoms in total. The molecule has 0 aliphatic carbocycles. The minimum Gasteiger partial charge on any atom is -0.497 e. The van der Waals surface area contributed by atoms with Gasteiger partial charge in [-0.2, -0.15) is 0 Å². The first-order valence-electron chi connectivity index (χ1n) is 7.81. The molecule has 0 spiro atoms. The summed E-state index contributed by atoms with van der Waals surface area (Å²) in [5.41, 5.74) is 1.28. The van der Waals surface area contributed by atoms with E-state index in [0.717, 1.165) is 11.7 Å². The Morgan fingerprint density at radius 3 is 2.86 bits per heavy atom. The van der Waals surface area contributed by atoms with Crippen molar-refractivity contribution in [3.05, 3.63) is 48.0 Å². The normalized spacial score (nSPS) is 16.6. The summed E-state index contributed by atoms with van der Waals surface area (Å²) in [6.45, 7) is 2.34. The molecule has 1 saturated heterocycles. The molecule has 1 fully saturated rings. The average molecular weight is 281 g/mol. The van der Waals surface area contributed by atoms with Crippen molar-refractivity contribution in [2.24, 2.45) is 5.92 Å². The van der Waals surface area contributed by atoms with Gasteiger partial charge in [-0.1, -0.05) is 36.4 Å². The molecule has 0 unspecified atom stereocenters. The molecular formula is C19H23NO. The third kappa shape index (κ3) is 3.45. The van der Waals surface area contributed by atoms with Crippen LogP contribution in [0.3, 0.4) is 0 Å². The molecular weight excluding hydrogens is 258 g/mol. The van der Waals surface area contributed by atoms with E-state index in [2.05, 4.69) is 47.8 Å². The van der Waals surface area contributed by atoms with Gasteiger partial charge in [-0.3, -0.25) is 0 Å². The summed E-state index contributed by atoms with van der Waals surface area (Å²) in [7, 11) is 1.72. The number of benzene rings is 2. The quantitative estimate of drug-likeness (QED) is 0.904. The summed E-state index contributed by atoms with van der Waals surface area (Å²) >= 11 is 0. The van der Waals surface area contributed by atoms with E-state index in [0.29, 0.717) is 0 Å². The number of piperidine rings is 1. The zero-order valence-electron chi connectivity index (χ0n) is 12.6. The summed E-state index contributed by atoms with van der Waals surface area (Å²) in [5.74, 6) is 1.76. The van der Waals surface area contributed by atoms with E-state index >= 15 is 0 Å². The van der Waals surface area contributed by atoms with Gasteiger partial charge in [-0.25, -0.2) is 0 Å². The minimum atomic E-state index is 0.840. The van der Waals surface area contributed by atoms with Gasteiger partial charge in [0.1, 0.15) is 5.75 Å². The number of fused-ring (bicyclic) bond motifs is 1. The van der Waals surface area contributed by atoms with Gasteiger partial charge in [0.2, 0.25) is 0 Å². The molecule has 0 radical (unpaired) electrons. The van der Waals surface area contributed by atoms with E-state index in [1.54, 1.807) is 7.11 Å². The van der Waals surface area contributed by atoms with E-state index in [1.807, 2.05) is 6.07 Å². The number of ether oxygens (including phenoxy) is 1. The van der Waals surface area contributed by atoms with Crippen molar-refractivity contribution in [2.75, 3.05) is 20.2 Å². The number of hydrogen-bond acceptors (Lipinski definition) is 2. The predicted molar refractivity (Wildman–Crippen MR) is 89.7 cm³/mol. The highest BCUT2D eigenvalue weighted by Gasteiger charge is 2.10. The first-order chi connectivity index (χ1) is 10.4. The van der Waals surface area contributed by atoms with Gasteiger partial charge in [-0.15, -0.1) is 0 Å². The van der Waals surface area contributed by atoms with Crippen LogP contribution in [0.5, 0.6) is 5.75 Å². The lowest BCUT2D eigenvalue weighted by molar-refractivity contribution is 0.378. The van der Waals surface area contributed by atoms with Crippen molar-refractivity contribution in [3.8, 4) is 5.75 Å². The van der Waals surface area contributed by atoms with E-state index in [4.69, 9.17) is 4.74 Å². The highest BCUT2D eigenvalue weighted by molar-refractivity contribution is 5.91. The highest BCUT2D eigenvalue weighted by atomic mass is 16.5. The molecule has 0 atom stereocenters. The molecule has 0 aromatic heterocycles. The SMILES string of the molecule is COc1ccc2cccc(C=CCC3CCNCC3)c2c1. The lowest BCUT2D eigenvalue weighted by Crippen LogP contribution is -2.27. The maximum absolute atomic E-state index is 5.35. The Labute approximate surface area is 126 Å². The van der Waals surface area contributed by atoms with Crippen LogP contribution >= 0.6 is 0 Å². The van der Waals surface area contributed by atoms with E-state index in [9.17, 15) is 0 Å². The number of hydrogen-bond donors (Lipinski definition) is 1. The fourth-order valence-electron chi connectivity index (χ4n) is 3.05. The Balaban J connectivity index is 1.79. The Morgan fingerprint density at radius 1 is 1.19 bits per heavy atom. The second-order valence-corrected chi connectivity index (χ2v) is 5.77. The Hall–Kier alpha value is -1.80. The molecule has 2 heteroatoms. The maximum Gasteiger partial charge on any atom is 0.119 e. The van der Waals surface area contributed by atoms with Crippen LogP contribution in [0.4, 0.5) is 0 Å². The monoisotopic (exact) mass is 281 g/mol. The molecule has 1 aliphatic heterocycles. The molecule has 110 valence electrons. The standard InChI is InChI=1S/C19H23NO/c1-21-18-9-8-17-7-3-6-16(19(17)14-18)5-2-4-15-10-12-20-13-11-15/h2-3,5-9,14-15,20H,4,10-13H2,1H3. The molecule has 3 rings (SSSR count). The van der Waals surface area contributed by atoms with Crippen LogP contribution in [-0.4, -0.2) is 20.2 Å². The van der Waals surface area contributed by atoms with E-state index < -0.39 is 0 Å². The van der Waals surface area contributed by atoms with Crippen molar-refractivity contribution in [1.29, 1.82) is 0 Å². The molecule has 21 heavy (non-hydrogen) atoms. The maximum atomic E-state index is 5.35. The van der Waals surface area contributed by atoms with Gasteiger partial charge in [0.25, 0.3) is 0 Å². The van der Waals surface area contributed by atoms with E-state index in [-0.39, 0.29) is 0 Å². The lowest BCUT2D eigenvalue weighted by atomic mass is 9.94. The van der Waals surface area contributed by atoms with Crippen LogP contribution in [0, 0.1) is 5.92 Å². The first-order valence-corrected chi connectivity index (χ1v) is 7.81. The molecule has 2 aromatic rings. The van der Waals surface area contributed by atoms with Gasteiger partial charge in [-0.05, 0) is 66.7 Å². The van der Waals surface area contributed by atoms with Gasteiger partial charge in [0, 0.05) is 0 Å². The topological polar surface area (TPSA) is 21.3 Å². The highest BCUT2D eigenvalue weighted by Crippen LogP contribution is 2.25. The summed E-state index contributed by atoms with van der Waals surface area (Å²) in [5, 5.41) is 5.95. The van der Waals surface area contributed by atoms with Crippen molar-refractivity contribution in [1.82, 2.24) is 5.32 Å². The Kier molecular flexibility index (Phi) is 4.56. The third-order valence-electron chi connectivity index (χ3n) is 4.35. The van der Waals surface area contributed by atoms with Crippen LogP contribution in [0.1, 0.15) is 24.8 Å². The average Bonchev–Trinajstić information content (AvgIpc) is 2.55. The molecule has 1 heterocycles. The zero-order chi connectivity index (χ0) is 14.5. The van der Waals surface area contributed by atoms with Crippen LogP contribution in [0.15, 0.2) is 42.5 Å². The summed E-state index contributed by atoms with van der Waals surface area (Å²) in [6.07, 6.45) is 8.39.